The fourth-order valence-corrected chi connectivity index (χ4v) is 4.64. The molecule has 0 aliphatic carbocycles. The van der Waals surface area contributed by atoms with Crippen LogP contribution < -0.4 is 5.32 Å². The minimum absolute atomic E-state index is 0.148. The third-order valence-corrected chi connectivity index (χ3v) is 6.57. The van der Waals surface area contributed by atoms with Crippen molar-refractivity contribution in [1.29, 1.82) is 5.26 Å². The van der Waals surface area contributed by atoms with Crippen LogP contribution >= 0.6 is 23.2 Å². The molecule has 1 fully saturated rings. The maximum Gasteiger partial charge on any atom is 0.251 e. The van der Waals surface area contributed by atoms with E-state index in [4.69, 9.17) is 28.5 Å². The summed E-state index contributed by atoms with van der Waals surface area (Å²) in [6.45, 7) is 5.47. The third-order valence-electron chi connectivity index (χ3n) is 6.07. The van der Waals surface area contributed by atoms with E-state index in [0.717, 1.165) is 6.42 Å². The number of rotatable bonds is 6. The van der Waals surface area contributed by atoms with E-state index in [0.29, 0.717) is 34.6 Å². The first-order valence-electron chi connectivity index (χ1n) is 10.7. The van der Waals surface area contributed by atoms with Crippen molar-refractivity contribution in [2.75, 3.05) is 13.1 Å². The van der Waals surface area contributed by atoms with E-state index in [2.05, 4.69) is 25.2 Å². The van der Waals surface area contributed by atoms with Crippen LogP contribution in [-0.4, -0.2) is 35.8 Å². The van der Waals surface area contributed by atoms with Gasteiger partial charge in [0.15, 0.2) is 0 Å². The fourth-order valence-electron chi connectivity index (χ4n) is 4.39. The Morgan fingerprint density at radius 3 is 2.28 bits per heavy atom. The second-order valence-corrected chi connectivity index (χ2v) is 9.74. The van der Waals surface area contributed by atoms with Crippen LogP contribution in [0.15, 0.2) is 48.5 Å². The lowest BCUT2D eigenvalue weighted by molar-refractivity contribution is -0.137. The average Bonchev–Trinajstić information content (AvgIpc) is 2.76. The van der Waals surface area contributed by atoms with E-state index in [1.807, 2.05) is 29.2 Å². The van der Waals surface area contributed by atoms with Crippen LogP contribution in [0.25, 0.3) is 0 Å². The zero-order chi connectivity index (χ0) is 23.3. The lowest BCUT2D eigenvalue weighted by atomic mass is 9.70. The van der Waals surface area contributed by atoms with E-state index in [-0.39, 0.29) is 30.1 Å². The van der Waals surface area contributed by atoms with Crippen molar-refractivity contribution in [1.82, 2.24) is 10.2 Å². The van der Waals surface area contributed by atoms with Crippen molar-refractivity contribution < 1.29 is 9.59 Å². The van der Waals surface area contributed by atoms with Crippen LogP contribution in [0.5, 0.6) is 0 Å². The Balaban J connectivity index is 1.72. The smallest absolute Gasteiger partial charge is 0.251 e. The van der Waals surface area contributed by atoms with Gasteiger partial charge in [-0.3, -0.25) is 9.59 Å². The second-order valence-electron chi connectivity index (χ2n) is 8.87. The molecule has 1 aliphatic heterocycles. The van der Waals surface area contributed by atoms with Crippen molar-refractivity contribution in [3.8, 4) is 6.07 Å². The Morgan fingerprint density at radius 1 is 1.12 bits per heavy atom. The fraction of sp³-hybridized carbons (Fsp3) is 0.400. The van der Waals surface area contributed by atoms with E-state index < -0.39 is 6.04 Å². The van der Waals surface area contributed by atoms with Gasteiger partial charge >= 0.3 is 0 Å². The summed E-state index contributed by atoms with van der Waals surface area (Å²) in [7, 11) is 0. The maximum absolute atomic E-state index is 13.4. The van der Waals surface area contributed by atoms with Crippen molar-refractivity contribution in [2.45, 2.75) is 45.1 Å². The molecule has 0 radical (unpaired) electrons. The largest absolute Gasteiger partial charge is 0.340 e. The molecular formula is C25H27Cl2N3O2. The molecule has 2 aromatic rings. The highest BCUT2D eigenvalue weighted by Gasteiger charge is 2.40. The first kappa shape index (κ1) is 24.1. The minimum atomic E-state index is -0.749. The summed E-state index contributed by atoms with van der Waals surface area (Å²) >= 11 is 11.9. The predicted octanol–water partition coefficient (Wildman–Crippen LogP) is 5.44. The molecule has 1 aliphatic rings. The lowest BCUT2D eigenvalue weighted by Gasteiger charge is -2.45. The zero-order valence-corrected chi connectivity index (χ0v) is 19.8. The number of nitrogens with zero attached hydrogens (tertiary/aromatic N) is 2. The number of likely N-dealkylation sites (tertiary alicyclic amines) is 1. The molecule has 1 N–H and O–H groups in total. The molecule has 7 heteroatoms. The highest BCUT2D eigenvalue weighted by atomic mass is 35.5. The summed E-state index contributed by atoms with van der Waals surface area (Å²) in [5.41, 5.74) is 1.48. The number of piperidine rings is 1. The molecule has 0 saturated carbocycles. The van der Waals surface area contributed by atoms with Crippen molar-refractivity contribution in [3.05, 3.63) is 69.7 Å². The Hall–Kier alpha value is -2.55. The molecule has 0 aromatic heterocycles. The molecule has 0 bridgehead atoms. The highest BCUT2D eigenvalue weighted by molar-refractivity contribution is 6.30. The van der Waals surface area contributed by atoms with Crippen LogP contribution in [0.1, 0.15) is 54.9 Å². The molecule has 2 unspecified atom stereocenters. The highest BCUT2D eigenvalue weighted by Crippen LogP contribution is 2.42. The Kier molecular flexibility index (Phi) is 7.82. The minimum Gasteiger partial charge on any atom is -0.340 e. The third kappa shape index (κ3) is 5.82. The molecular weight excluding hydrogens is 445 g/mol. The molecule has 0 spiro atoms. The summed E-state index contributed by atoms with van der Waals surface area (Å²) in [6, 6.07) is 15.7. The van der Waals surface area contributed by atoms with E-state index in [9.17, 15) is 9.59 Å². The second kappa shape index (κ2) is 10.4. The van der Waals surface area contributed by atoms with Gasteiger partial charge in [-0.05, 0) is 66.1 Å². The molecule has 32 heavy (non-hydrogen) atoms. The van der Waals surface area contributed by atoms with Crippen molar-refractivity contribution >= 4 is 35.0 Å². The number of carbonyl (C=O) groups excluding carboxylic acids is 2. The number of hydrogen-bond acceptors (Lipinski definition) is 3. The summed E-state index contributed by atoms with van der Waals surface area (Å²) in [5, 5.41) is 13.1. The van der Waals surface area contributed by atoms with E-state index >= 15 is 0 Å². The molecule has 2 amide bonds. The van der Waals surface area contributed by atoms with Crippen LogP contribution in [0.2, 0.25) is 10.0 Å². The van der Waals surface area contributed by atoms with Gasteiger partial charge in [0, 0.05) is 35.1 Å². The Labute approximate surface area is 199 Å². The predicted molar refractivity (Wildman–Crippen MR) is 127 cm³/mol. The Morgan fingerprint density at radius 2 is 1.72 bits per heavy atom. The van der Waals surface area contributed by atoms with Gasteiger partial charge in [0.1, 0.15) is 6.04 Å². The first-order chi connectivity index (χ1) is 15.2. The van der Waals surface area contributed by atoms with Crippen LogP contribution in [0.4, 0.5) is 0 Å². The van der Waals surface area contributed by atoms with Crippen molar-refractivity contribution in [3.63, 3.8) is 0 Å². The molecule has 5 nitrogen and oxygen atoms in total. The molecule has 1 saturated heterocycles. The van der Waals surface area contributed by atoms with Gasteiger partial charge in [0.05, 0.1) is 6.07 Å². The zero-order valence-electron chi connectivity index (χ0n) is 18.3. The number of nitriles is 1. The van der Waals surface area contributed by atoms with Gasteiger partial charge in [-0.15, -0.1) is 0 Å². The van der Waals surface area contributed by atoms with Gasteiger partial charge in [-0.2, -0.15) is 5.26 Å². The normalized spacial score (nSPS) is 18.5. The number of hydrogen-bond donors (Lipinski definition) is 1. The molecule has 3 rings (SSSR count). The number of benzene rings is 2. The quantitative estimate of drug-likeness (QED) is 0.609. The monoisotopic (exact) mass is 471 g/mol. The molecule has 2 aromatic carbocycles. The summed E-state index contributed by atoms with van der Waals surface area (Å²) in [4.78, 5) is 27.9. The van der Waals surface area contributed by atoms with Gasteiger partial charge in [0.2, 0.25) is 5.91 Å². The number of carbonyl (C=O) groups is 2. The summed E-state index contributed by atoms with van der Waals surface area (Å²) < 4.78 is 0. The number of halogens is 2. The van der Waals surface area contributed by atoms with Gasteiger partial charge < -0.3 is 10.2 Å². The van der Waals surface area contributed by atoms with Crippen molar-refractivity contribution in [2.24, 2.45) is 5.41 Å². The van der Waals surface area contributed by atoms with E-state index in [1.165, 1.54) is 5.56 Å². The molecule has 168 valence electrons. The average molecular weight is 472 g/mol. The Bertz CT molecular complexity index is 997. The van der Waals surface area contributed by atoms with Gasteiger partial charge in [-0.25, -0.2) is 0 Å². The summed E-state index contributed by atoms with van der Waals surface area (Å²) in [6.07, 6.45) is 1.27. The number of amides is 2. The summed E-state index contributed by atoms with van der Waals surface area (Å²) in [5.74, 6) is -0.205. The molecule has 2 atom stereocenters. The molecule has 1 heterocycles. The van der Waals surface area contributed by atoms with Gasteiger partial charge in [0.25, 0.3) is 5.91 Å². The van der Waals surface area contributed by atoms with Crippen LogP contribution in [0.3, 0.4) is 0 Å². The van der Waals surface area contributed by atoms with Gasteiger partial charge in [-0.1, -0.05) is 49.2 Å². The standard InChI is InChI=1S/C25H27Cl2N3O2/c1-25(2)16-30(15-13-21(25)17-5-9-19(26)10-6-17)24(32)22(4-3-14-28)29-23(31)18-7-11-20(27)12-8-18/h5-12,21-22H,3-4,13,15-16H2,1-2H3,(H,29,31). The number of nitrogens with one attached hydrogen (secondary N) is 1. The topological polar surface area (TPSA) is 73.2 Å². The van der Waals surface area contributed by atoms with Crippen LogP contribution in [0, 0.1) is 16.7 Å². The first-order valence-corrected chi connectivity index (χ1v) is 11.4. The van der Waals surface area contributed by atoms with E-state index in [1.54, 1.807) is 24.3 Å². The van der Waals surface area contributed by atoms with Crippen LogP contribution in [-0.2, 0) is 4.79 Å². The SMILES string of the molecule is CC1(C)CN(C(=O)C(CCC#N)NC(=O)c2ccc(Cl)cc2)CCC1c1ccc(Cl)cc1. The maximum atomic E-state index is 13.4. The lowest BCUT2D eigenvalue weighted by Crippen LogP contribution is -2.54.